The molecule has 0 saturated carbocycles. The fraction of sp³-hybridized carbons (Fsp3) is 0.333. The van der Waals surface area contributed by atoms with E-state index in [0.717, 1.165) is 4.31 Å². The van der Waals surface area contributed by atoms with Gasteiger partial charge in [0, 0.05) is 6.20 Å². The fourth-order valence-electron chi connectivity index (χ4n) is 2.09. The minimum atomic E-state index is -4.17. The van der Waals surface area contributed by atoms with Gasteiger partial charge in [0.2, 0.25) is 21.8 Å². The number of nitriles is 1. The van der Waals surface area contributed by atoms with Gasteiger partial charge in [0.05, 0.1) is 6.54 Å². The van der Waals surface area contributed by atoms with Gasteiger partial charge < -0.3 is 0 Å². The van der Waals surface area contributed by atoms with E-state index in [0.29, 0.717) is 0 Å². The van der Waals surface area contributed by atoms with Crippen LogP contribution in [0.1, 0.15) is 19.0 Å². The zero-order valence-corrected chi connectivity index (χ0v) is 11.9. The van der Waals surface area contributed by atoms with Crippen molar-refractivity contribution < 1.29 is 18.0 Å². The number of hydrogen-bond donors (Lipinski definition) is 1. The largest absolute Gasteiger partial charge is 0.294 e. The molecule has 1 aromatic heterocycles. The second-order valence-electron chi connectivity index (χ2n) is 4.35. The lowest BCUT2D eigenvalue weighted by Gasteiger charge is -2.32. The van der Waals surface area contributed by atoms with Gasteiger partial charge in [0.15, 0.2) is 5.69 Å². The molecule has 21 heavy (non-hydrogen) atoms. The first kappa shape index (κ1) is 15.1. The van der Waals surface area contributed by atoms with E-state index >= 15 is 0 Å². The van der Waals surface area contributed by atoms with Crippen LogP contribution in [0.25, 0.3) is 0 Å². The number of carbonyl (C=O) groups excluding carboxylic acids is 2. The molecular formula is C12H12N4O4S. The van der Waals surface area contributed by atoms with Gasteiger partial charge in [0.1, 0.15) is 17.0 Å². The summed E-state index contributed by atoms with van der Waals surface area (Å²) in [5, 5.41) is 11.1. The molecule has 1 aromatic rings. The number of pyridine rings is 1. The molecule has 1 unspecified atom stereocenters. The molecule has 1 atom stereocenters. The normalized spacial score (nSPS) is 19.9. The summed E-state index contributed by atoms with van der Waals surface area (Å²) in [6, 6.07) is 3.31. The van der Waals surface area contributed by atoms with Gasteiger partial charge in [-0.1, -0.05) is 6.92 Å². The van der Waals surface area contributed by atoms with Crippen molar-refractivity contribution in [3.8, 4) is 6.07 Å². The highest BCUT2D eigenvalue weighted by molar-refractivity contribution is 7.89. The highest BCUT2D eigenvalue weighted by atomic mass is 32.2. The monoisotopic (exact) mass is 308 g/mol. The second kappa shape index (κ2) is 5.59. The Kier molecular flexibility index (Phi) is 4.02. The Bertz CT molecular complexity index is 738. The van der Waals surface area contributed by atoms with Crippen LogP contribution >= 0.6 is 0 Å². The molecule has 2 rings (SSSR count). The van der Waals surface area contributed by atoms with Crippen molar-refractivity contribution in [2.24, 2.45) is 0 Å². The minimum Gasteiger partial charge on any atom is -0.294 e. The van der Waals surface area contributed by atoms with Gasteiger partial charge in [-0.15, -0.1) is 0 Å². The number of amides is 2. The molecule has 1 fully saturated rings. The van der Waals surface area contributed by atoms with Crippen molar-refractivity contribution in [2.75, 3.05) is 6.54 Å². The van der Waals surface area contributed by atoms with Crippen LogP contribution in [0, 0.1) is 11.3 Å². The molecule has 1 aliphatic rings. The number of rotatable bonds is 3. The minimum absolute atomic E-state index is 0.209. The van der Waals surface area contributed by atoms with Crippen LogP contribution < -0.4 is 5.32 Å². The molecule has 1 aliphatic heterocycles. The topological polar surface area (TPSA) is 120 Å². The summed E-state index contributed by atoms with van der Waals surface area (Å²) < 4.78 is 26.1. The predicted octanol–water partition coefficient (Wildman–Crippen LogP) is -0.621. The lowest BCUT2D eigenvalue weighted by Crippen LogP contribution is -2.59. The zero-order chi connectivity index (χ0) is 15.6. The third-order valence-corrected chi connectivity index (χ3v) is 4.95. The quantitative estimate of drug-likeness (QED) is 0.743. The molecule has 0 bridgehead atoms. The molecule has 2 heterocycles. The second-order valence-corrected chi connectivity index (χ2v) is 6.21. The predicted molar refractivity (Wildman–Crippen MR) is 70.1 cm³/mol. The van der Waals surface area contributed by atoms with Crippen molar-refractivity contribution >= 4 is 21.8 Å². The third kappa shape index (κ3) is 2.63. The molecule has 9 heteroatoms. The first-order chi connectivity index (χ1) is 9.91. The molecule has 8 nitrogen and oxygen atoms in total. The smallest absolute Gasteiger partial charge is 0.247 e. The van der Waals surface area contributed by atoms with Crippen LogP contribution in [0.4, 0.5) is 0 Å². The Hall–Kier alpha value is -2.31. The van der Waals surface area contributed by atoms with E-state index in [-0.39, 0.29) is 17.0 Å². The maximum Gasteiger partial charge on any atom is 0.247 e. The molecule has 0 aromatic carbocycles. The summed E-state index contributed by atoms with van der Waals surface area (Å²) in [7, 11) is -4.17. The Morgan fingerprint density at radius 2 is 2.24 bits per heavy atom. The molecular weight excluding hydrogens is 296 g/mol. The first-order valence-corrected chi connectivity index (χ1v) is 7.56. The van der Waals surface area contributed by atoms with E-state index in [1.54, 1.807) is 13.0 Å². The molecule has 2 amide bonds. The molecule has 0 spiro atoms. The maximum absolute atomic E-state index is 12.6. The lowest BCUT2D eigenvalue weighted by atomic mass is 10.2. The molecule has 110 valence electrons. The van der Waals surface area contributed by atoms with E-state index in [9.17, 15) is 18.0 Å². The lowest BCUT2D eigenvalue weighted by molar-refractivity contribution is -0.137. The summed E-state index contributed by atoms with van der Waals surface area (Å²) in [6.07, 6.45) is 1.50. The van der Waals surface area contributed by atoms with Crippen LogP contribution in [-0.4, -0.2) is 42.1 Å². The summed E-state index contributed by atoms with van der Waals surface area (Å²) in [4.78, 5) is 26.6. The van der Waals surface area contributed by atoms with E-state index < -0.39 is 34.4 Å². The summed E-state index contributed by atoms with van der Waals surface area (Å²) in [6.45, 7) is 1.17. The number of piperazine rings is 1. The fourth-order valence-corrected chi connectivity index (χ4v) is 3.81. The first-order valence-electron chi connectivity index (χ1n) is 6.12. The van der Waals surface area contributed by atoms with Gasteiger partial charge >= 0.3 is 0 Å². The average Bonchev–Trinajstić information content (AvgIpc) is 2.46. The van der Waals surface area contributed by atoms with Crippen molar-refractivity contribution in [1.82, 2.24) is 14.6 Å². The van der Waals surface area contributed by atoms with Crippen LogP contribution in [0.15, 0.2) is 23.2 Å². The molecule has 1 N–H and O–H groups in total. The van der Waals surface area contributed by atoms with E-state index in [1.165, 1.54) is 18.3 Å². The summed E-state index contributed by atoms with van der Waals surface area (Å²) in [5.74, 6) is -1.37. The number of imide groups is 1. The third-order valence-electron chi connectivity index (χ3n) is 3.06. The Labute approximate surface area is 121 Å². The van der Waals surface area contributed by atoms with Crippen LogP contribution in [0.5, 0.6) is 0 Å². The number of carbonyl (C=O) groups is 2. The SMILES string of the molecule is CCC1C(=O)NC(=O)CN1S(=O)(=O)c1cccnc1C#N. The van der Waals surface area contributed by atoms with Gasteiger partial charge in [-0.05, 0) is 18.6 Å². The highest BCUT2D eigenvalue weighted by Crippen LogP contribution is 2.23. The Balaban J connectivity index is 2.54. The van der Waals surface area contributed by atoms with E-state index in [1.807, 2.05) is 0 Å². The maximum atomic E-state index is 12.6. The summed E-state index contributed by atoms with van der Waals surface area (Å²) >= 11 is 0. The standard InChI is InChI=1S/C12H12N4O4S/c1-2-9-12(18)15-11(17)7-16(9)21(19,20)10-4-3-5-14-8(10)6-13/h3-5,9H,2,7H2,1H3,(H,15,17,18). The number of aromatic nitrogens is 1. The van der Waals surface area contributed by atoms with Crippen LogP contribution in [0.3, 0.4) is 0 Å². The zero-order valence-electron chi connectivity index (χ0n) is 11.1. The van der Waals surface area contributed by atoms with Crippen LogP contribution in [0.2, 0.25) is 0 Å². The van der Waals surface area contributed by atoms with Crippen molar-refractivity contribution in [3.63, 3.8) is 0 Å². The van der Waals surface area contributed by atoms with Gasteiger partial charge in [-0.2, -0.15) is 9.57 Å². The van der Waals surface area contributed by atoms with E-state index in [4.69, 9.17) is 5.26 Å². The molecule has 0 aliphatic carbocycles. The Morgan fingerprint density at radius 3 is 2.86 bits per heavy atom. The molecule has 1 saturated heterocycles. The average molecular weight is 308 g/mol. The highest BCUT2D eigenvalue weighted by Gasteiger charge is 2.41. The summed E-state index contributed by atoms with van der Waals surface area (Å²) in [5.41, 5.74) is -0.272. The van der Waals surface area contributed by atoms with Gasteiger partial charge in [0.25, 0.3) is 0 Å². The van der Waals surface area contributed by atoms with E-state index in [2.05, 4.69) is 10.3 Å². The number of hydrogen-bond acceptors (Lipinski definition) is 6. The number of sulfonamides is 1. The van der Waals surface area contributed by atoms with Crippen LogP contribution in [-0.2, 0) is 19.6 Å². The number of nitrogens with one attached hydrogen (secondary N) is 1. The van der Waals surface area contributed by atoms with Crippen molar-refractivity contribution in [1.29, 1.82) is 5.26 Å². The van der Waals surface area contributed by atoms with Gasteiger partial charge in [-0.3, -0.25) is 14.9 Å². The molecule has 0 radical (unpaired) electrons. The van der Waals surface area contributed by atoms with Crippen molar-refractivity contribution in [3.05, 3.63) is 24.0 Å². The van der Waals surface area contributed by atoms with Gasteiger partial charge in [-0.25, -0.2) is 13.4 Å². The Morgan fingerprint density at radius 1 is 1.52 bits per heavy atom. The van der Waals surface area contributed by atoms with Crippen molar-refractivity contribution in [2.45, 2.75) is 24.3 Å². The number of nitrogens with zero attached hydrogens (tertiary/aromatic N) is 3.